The van der Waals surface area contributed by atoms with E-state index in [0.717, 1.165) is 0 Å². The van der Waals surface area contributed by atoms with Gasteiger partial charge in [-0.15, -0.1) is 0 Å². The quantitative estimate of drug-likeness (QED) is 0.377. The van der Waals surface area contributed by atoms with Crippen molar-refractivity contribution >= 4 is 5.97 Å². The first kappa shape index (κ1) is 16.1. The molecule has 0 aromatic heterocycles. The molecule has 0 radical (unpaired) electrons. The van der Waals surface area contributed by atoms with Gasteiger partial charge in [-0.1, -0.05) is 6.58 Å². The summed E-state index contributed by atoms with van der Waals surface area (Å²) in [6.07, 6.45) is 0.606. The van der Waals surface area contributed by atoms with Crippen LogP contribution < -0.4 is 0 Å². The van der Waals surface area contributed by atoms with Crippen molar-refractivity contribution < 1.29 is 24.1 Å². The largest absolute Gasteiger partial charge is 0.463 e. The highest BCUT2D eigenvalue weighted by molar-refractivity contribution is 5.88. The molecule has 1 atom stereocenters. The molecule has 1 N–H and O–H groups in total. The van der Waals surface area contributed by atoms with Crippen LogP contribution in [0.4, 0.5) is 0 Å². The average molecular weight is 246 g/mol. The van der Waals surface area contributed by atoms with Crippen LogP contribution >= 0.6 is 0 Å². The lowest BCUT2D eigenvalue weighted by Gasteiger charge is -2.15. The number of aliphatic hydroxyl groups is 1. The van der Waals surface area contributed by atoms with Crippen LogP contribution in [0.2, 0.25) is 0 Å². The molecule has 1 unspecified atom stereocenters. The molecule has 0 heterocycles. The molecular formula is C12H22O5. The molecule has 5 nitrogen and oxygen atoms in total. The van der Waals surface area contributed by atoms with Gasteiger partial charge in [-0.05, 0) is 26.2 Å². The lowest BCUT2D eigenvalue weighted by atomic mass is 10.1. The van der Waals surface area contributed by atoms with E-state index in [4.69, 9.17) is 14.2 Å². The zero-order valence-corrected chi connectivity index (χ0v) is 10.8. The molecule has 0 bridgehead atoms. The lowest BCUT2D eigenvalue weighted by molar-refractivity contribution is -0.139. The fourth-order valence-corrected chi connectivity index (χ4v) is 1.34. The van der Waals surface area contributed by atoms with Crippen molar-refractivity contribution in [3.63, 3.8) is 0 Å². The van der Waals surface area contributed by atoms with Crippen LogP contribution in [-0.2, 0) is 19.0 Å². The topological polar surface area (TPSA) is 65.0 Å². The SMILES string of the molecule is C=C(C(=O)OCC)C(O)CCCC(OC)OC. The Balaban J connectivity index is 3.89. The van der Waals surface area contributed by atoms with Crippen molar-refractivity contribution in [3.05, 3.63) is 12.2 Å². The van der Waals surface area contributed by atoms with Crippen LogP contribution in [0.3, 0.4) is 0 Å². The van der Waals surface area contributed by atoms with E-state index in [9.17, 15) is 9.90 Å². The van der Waals surface area contributed by atoms with Crippen molar-refractivity contribution in [3.8, 4) is 0 Å². The molecule has 17 heavy (non-hydrogen) atoms. The molecule has 0 rings (SSSR count). The van der Waals surface area contributed by atoms with Crippen LogP contribution in [0, 0.1) is 0 Å². The summed E-state index contributed by atoms with van der Waals surface area (Å²) in [5.41, 5.74) is 0.0956. The minimum atomic E-state index is -0.872. The number of carbonyl (C=O) groups is 1. The van der Waals surface area contributed by atoms with E-state index in [-0.39, 0.29) is 18.5 Å². The Bertz CT molecular complexity index is 235. The maximum absolute atomic E-state index is 11.3. The Hall–Kier alpha value is -0.910. The van der Waals surface area contributed by atoms with Crippen molar-refractivity contribution in [1.82, 2.24) is 0 Å². The molecule has 0 spiro atoms. The predicted molar refractivity (Wildman–Crippen MR) is 63.4 cm³/mol. The Morgan fingerprint density at radius 2 is 1.88 bits per heavy atom. The predicted octanol–water partition coefficient (Wildman–Crippen LogP) is 1.26. The van der Waals surface area contributed by atoms with Gasteiger partial charge in [0.15, 0.2) is 6.29 Å². The summed E-state index contributed by atoms with van der Waals surface area (Å²) in [6, 6.07) is 0. The van der Waals surface area contributed by atoms with Crippen molar-refractivity contribution in [2.75, 3.05) is 20.8 Å². The summed E-state index contributed by atoms with van der Waals surface area (Å²) in [5.74, 6) is -0.546. The Morgan fingerprint density at radius 1 is 1.29 bits per heavy atom. The van der Waals surface area contributed by atoms with Crippen LogP contribution in [0.1, 0.15) is 26.2 Å². The Labute approximate surface area is 102 Å². The van der Waals surface area contributed by atoms with Crippen molar-refractivity contribution in [2.24, 2.45) is 0 Å². The van der Waals surface area contributed by atoms with Crippen LogP contribution in [-0.4, -0.2) is 44.3 Å². The normalized spacial score (nSPS) is 12.5. The summed E-state index contributed by atoms with van der Waals surface area (Å²) in [4.78, 5) is 11.3. The maximum Gasteiger partial charge on any atom is 0.336 e. The van der Waals surface area contributed by atoms with Gasteiger partial charge in [0.25, 0.3) is 0 Å². The lowest BCUT2D eigenvalue weighted by Crippen LogP contribution is -2.20. The molecule has 0 aromatic carbocycles. The molecule has 0 saturated heterocycles. The van der Waals surface area contributed by atoms with E-state index < -0.39 is 12.1 Å². The van der Waals surface area contributed by atoms with Crippen LogP contribution in [0.25, 0.3) is 0 Å². The van der Waals surface area contributed by atoms with Gasteiger partial charge in [-0.2, -0.15) is 0 Å². The summed E-state index contributed by atoms with van der Waals surface area (Å²) in [5, 5.41) is 9.69. The van der Waals surface area contributed by atoms with Gasteiger partial charge in [0.1, 0.15) is 0 Å². The molecule has 0 aliphatic carbocycles. The number of hydrogen-bond acceptors (Lipinski definition) is 5. The zero-order valence-electron chi connectivity index (χ0n) is 10.8. The highest BCUT2D eigenvalue weighted by Crippen LogP contribution is 2.12. The summed E-state index contributed by atoms with van der Waals surface area (Å²) < 4.78 is 14.8. The first-order valence-electron chi connectivity index (χ1n) is 5.66. The summed E-state index contributed by atoms with van der Waals surface area (Å²) in [6.45, 7) is 5.51. The number of methoxy groups -OCH3 is 2. The summed E-state index contributed by atoms with van der Waals surface area (Å²) >= 11 is 0. The number of hydrogen-bond donors (Lipinski definition) is 1. The van der Waals surface area contributed by atoms with Gasteiger partial charge in [-0.25, -0.2) is 4.79 Å². The average Bonchev–Trinajstić information content (AvgIpc) is 2.33. The van der Waals surface area contributed by atoms with Gasteiger partial charge in [0.05, 0.1) is 18.3 Å². The Kier molecular flexibility index (Phi) is 8.66. The molecule has 0 aromatic rings. The van der Waals surface area contributed by atoms with Crippen molar-refractivity contribution in [1.29, 1.82) is 0 Å². The highest BCUT2D eigenvalue weighted by atomic mass is 16.7. The maximum atomic E-state index is 11.3. The molecular weight excluding hydrogens is 224 g/mol. The minimum absolute atomic E-state index is 0.0956. The third kappa shape index (κ3) is 6.41. The van der Waals surface area contributed by atoms with E-state index in [1.54, 1.807) is 21.1 Å². The van der Waals surface area contributed by atoms with Gasteiger partial charge in [0.2, 0.25) is 0 Å². The fourth-order valence-electron chi connectivity index (χ4n) is 1.34. The Morgan fingerprint density at radius 3 is 2.35 bits per heavy atom. The molecule has 100 valence electrons. The fraction of sp³-hybridized carbons (Fsp3) is 0.750. The zero-order chi connectivity index (χ0) is 13.3. The second-order valence-corrected chi connectivity index (χ2v) is 3.59. The molecule has 5 heteroatoms. The van der Waals surface area contributed by atoms with Gasteiger partial charge < -0.3 is 19.3 Å². The van der Waals surface area contributed by atoms with Crippen LogP contribution in [0.15, 0.2) is 12.2 Å². The third-order valence-corrected chi connectivity index (χ3v) is 2.38. The second-order valence-electron chi connectivity index (χ2n) is 3.59. The smallest absolute Gasteiger partial charge is 0.336 e. The number of aliphatic hydroxyl groups excluding tert-OH is 1. The number of carbonyl (C=O) groups excluding carboxylic acids is 1. The number of ether oxygens (including phenoxy) is 3. The first-order chi connectivity index (χ1) is 8.06. The van der Waals surface area contributed by atoms with Gasteiger partial charge >= 0.3 is 5.97 Å². The second kappa shape index (κ2) is 9.15. The summed E-state index contributed by atoms with van der Waals surface area (Å²) in [7, 11) is 3.12. The van der Waals surface area contributed by atoms with E-state index in [2.05, 4.69) is 6.58 Å². The van der Waals surface area contributed by atoms with E-state index in [1.807, 2.05) is 0 Å². The molecule has 0 amide bonds. The van der Waals surface area contributed by atoms with Crippen LogP contribution in [0.5, 0.6) is 0 Å². The van der Waals surface area contributed by atoms with Crippen molar-refractivity contribution in [2.45, 2.75) is 38.6 Å². The van der Waals surface area contributed by atoms with Gasteiger partial charge in [-0.3, -0.25) is 0 Å². The molecule has 0 aliphatic heterocycles. The first-order valence-corrected chi connectivity index (χ1v) is 5.66. The standard InChI is InChI=1S/C12H22O5/c1-5-17-12(14)9(2)10(13)7-6-8-11(15-3)16-4/h10-11,13H,2,5-8H2,1,3-4H3. The number of rotatable bonds is 9. The minimum Gasteiger partial charge on any atom is -0.463 e. The van der Waals surface area contributed by atoms with Gasteiger partial charge in [0, 0.05) is 14.2 Å². The molecule has 0 aliphatic rings. The molecule has 0 fully saturated rings. The van der Waals surface area contributed by atoms with E-state index in [0.29, 0.717) is 19.3 Å². The third-order valence-electron chi connectivity index (χ3n) is 2.38. The monoisotopic (exact) mass is 246 g/mol. The highest BCUT2D eigenvalue weighted by Gasteiger charge is 2.17. The van der Waals surface area contributed by atoms with E-state index >= 15 is 0 Å². The number of esters is 1. The molecule has 0 saturated carbocycles. The van der Waals surface area contributed by atoms with E-state index in [1.165, 1.54) is 0 Å².